The molecule has 0 fully saturated rings. The molecule has 4 N–H and O–H groups in total. The summed E-state index contributed by atoms with van der Waals surface area (Å²) in [5.74, 6) is 0. The summed E-state index contributed by atoms with van der Waals surface area (Å²) in [5.41, 5.74) is 12.4. The van der Waals surface area contributed by atoms with E-state index in [0.29, 0.717) is 28.1 Å². The van der Waals surface area contributed by atoms with E-state index in [1.165, 1.54) is 11.1 Å². The molecule has 0 amide bonds. The van der Waals surface area contributed by atoms with Crippen molar-refractivity contribution in [2.75, 3.05) is 11.1 Å². The number of nitrogens with two attached hydrogens (primary N) is 1. The minimum absolute atomic E-state index is 0.192. The summed E-state index contributed by atoms with van der Waals surface area (Å²) < 4.78 is 5.07. The molecular formula is C21H18N4O. The molecule has 1 aromatic heterocycles. The third kappa shape index (κ3) is 2.82. The molecule has 0 aliphatic heterocycles. The van der Waals surface area contributed by atoms with E-state index in [4.69, 9.17) is 20.8 Å². The first kappa shape index (κ1) is 16.0. The highest BCUT2D eigenvalue weighted by atomic mass is 16.3. The number of aryl methyl sites for hydroxylation is 1. The van der Waals surface area contributed by atoms with Gasteiger partial charge in [-0.2, -0.15) is 5.26 Å². The minimum Gasteiger partial charge on any atom is -0.472 e. The van der Waals surface area contributed by atoms with Crippen molar-refractivity contribution < 1.29 is 4.42 Å². The Morgan fingerprint density at radius 3 is 2.88 bits per heavy atom. The minimum atomic E-state index is 0.192. The third-order valence-corrected chi connectivity index (χ3v) is 4.82. The first-order chi connectivity index (χ1) is 12.7. The van der Waals surface area contributed by atoms with Gasteiger partial charge in [-0.25, -0.2) is 0 Å². The van der Waals surface area contributed by atoms with Gasteiger partial charge < -0.3 is 15.5 Å². The van der Waals surface area contributed by atoms with Crippen LogP contribution >= 0.6 is 0 Å². The van der Waals surface area contributed by atoms with Gasteiger partial charge in [0.1, 0.15) is 0 Å². The standard InChI is InChI=1S/C21H18N4O/c22-11-13-1-4-17-14(9-13)2-6-20(17)25-16-3-5-19(23)18(10-16)21(24)15-7-8-26-12-15/h1,3-5,7-10,12,20,24-25H,2,6,23H2. The molecule has 0 saturated carbocycles. The maximum atomic E-state index is 9.05. The number of nitrogens with one attached hydrogen (secondary N) is 2. The van der Waals surface area contributed by atoms with E-state index < -0.39 is 0 Å². The van der Waals surface area contributed by atoms with Gasteiger partial charge in [-0.15, -0.1) is 0 Å². The zero-order valence-corrected chi connectivity index (χ0v) is 14.1. The van der Waals surface area contributed by atoms with Crippen LogP contribution in [-0.2, 0) is 6.42 Å². The van der Waals surface area contributed by atoms with Gasteiger partial charge >= 0.3 is 0 Å². The first-order valence-electron chi connectivity index (χ1n) is 8.46. The van der Waals surface area contributed by atoms with E-state index in [-0.39, 0.29) is 6.04 Å². The van der Waals surface area contributed by atoms with Crippen molar-refractivity contribution in [3.8, 4) is 6.07 Å². The number of benzene rings is 2. The Labute approximate surface area is 151 Å². The molecule has 1 aliphatic rings. The third-order valence-electron chi connectivity index (χ3n) is 4.82. The van der Waals surface area contributed by atoms with Gasteiger partial charge in [-0.3, -0.25) is 5.41 Å². The van der Waals surface area contributed by atoms with Gasteiger partial charge in [0.2, 0.25) is 0 Å². The van der Waals surface area contributed by atoms with Crippen molar-refractivity contribution in [3.63, 3.8) is 0 Å². The van der Waals surface area contributed by atoms with E-state index in [9.17, 15) is 0 Å². The molecule has 0 bridgehead atoms. The number of nitrogen functional groups attached to an aromatic ring is 1. The van der Waals surface area contributed by atoms with Gasteiger partial charge in [-0.05, 0) is 60.4 Å². The van der Waals surface area contributed by atoms with Crippen molar-refractivity contribution in [2.45, 2.75) is 18.9 Å². The summed E-state index contributed by atoms with van der Waals surface area (Å²) >= 11 is 0. The molecule has 128 valence electrons. The van der Waals surface area contributed by atoms with Crippen molar-refractivity contribution in [2.24, 2.45) is 0 Å². The predicted molar refractivity (Wildman–Crippen MR) is 101 cm³/mol. The van der Waals surface area contributed by atoms with Crippen molar-refractivity contribution in [1.29, 1.82) is 10.7 Å². The van der Waals surface area contributed by atoms with Crippen LogP contribution in [0, 0.1) is 16.7 Å². The number of anilines is 2. The Hall–Kier alpha value is -3.52. The molecule has 0 radical (unpaired) electrons. The first-order valence-corrected chi connectivity index (χ1v) is 8.46. The van der Waals surface area contributed by atoms with Crippen molar-refractivity contribution in [3.05, 3.63) is 82.8 Å². The number of fused-ring (bicyclic) bond motifs is 1. The Bertz CT molecular complexity index is 1010. The molecule has 0 spiro atoms. The highest BCUT2D eigenvalue weighted by Gasteiger charge is 2.23. The molecule has 1 atom stereocenters. The molecule has 1 unspecified atom stereocenters. The van der Waals surface area contributed by atoms with Crippen LogP contribution in [0.15, 0.2) is 59.4 Å². The van der Waals surface area contributed by atoms with Gasteiger partial charge in [0.25, 0.3) is 0 Å². The monoisotopic (exact) mass is 342 g/mol. The van der Waals surface area contributed by atoms with Crippen LogP contribution in [0.4, 0.5) is 11.4 Å². The SMILES string of the molecule is N#Cc1ccc2c(c1)CCC2Nc1ccc(N)c(C(=N)c2ccoc2)c1. The summed E-state index contributed by atoms with van der Waals surface area (Å²) in [6.07, 6.45) is 5.02. The summed E-state index contributed by atoms with van der Waals surface area (Å²) in [4.78, 5) is 0. The molecule has 2 aromatic carbocycles. The molecular weight excluding hydrogens is 324 g/mol. The molecule has 0 saturated heterocycles. The van der Waals surface area contributed by atoms with E-state index in [1.807, 2.05) is 36.4 Å². The van der Waals surface area contributed by atoms with Gasteiger partial charge in [0, 0.05) is 22.5 Å². The van der Waals surface area contributed by atoms with Crippen LogP contribution in [0.25, 0.3) is 0 Å². The van der Waals surface area contributed by atoms with Crippen LogP contribution in [0.1, 0.15) is 40.3 Å². The number of hydrogen-bond acceptors (Lipinski definition) is 5. The lowest BCUT2D eigenvalue weighted by Gasteiger charge is -2.17. The van der Waals surface area contributed by atoms with E-state index in [2.05, 4.69) is 11.4 Å². The smallest absolute Gasteiger partial charge is 0.0996 e. The average molecular weight is 342 g/mol. The highest BCUT2D eigenvalue weighted by Crippen LogP contribution is 2.35. The molecule has 1 aliphatic carbocycles. The molecule has 1 heterocycles. The molecule has 3 aromatic rings. The van der Waals surface area contributed by atoms with E-state index in [1.54, 1.807) is 18.6 Å². The molecule has 26 heavy (non-hydrogen) atoms. The average Bonchev–Trinajstić information content (AvgIpc) is 3.32. The lowest BCUT2D eigenvalue weighted by atomic mass is 10.0. The molecule has 5 heteroatoms. The molecule has 4 rings (SSSR count). The van der Waals surface area contributed by atoms with Gasteiger partial charge in [0.05, 0.1) is 35.9 Å². The highest BCUT2D eigenvalue weighted by molar-refractivity contribution is 6.14. The fourth-order valence-electron chi connectivity index (χ4n) is 3.46. The number of nitrogens with zero attached hydrogens (tertiary/aromatic N) is 1. The largest absolute Gasteiger partial charge is 0.472 e. The summed E-state index contributed by atoms with van der Waals surface area (Å²) in [7, 11) is 0. The van der Waals surface area contributed by atoms with Crippen LogP contribution in [-0.4, -0.2) is 5.71 Å². The quantitative estimate of drug-likeness (QED) is 0.487. The second-order valence-electron chi connectivity index (χ2n) is 6.45. The predicted octanol–water partition coefficient (Wildman–Crippen LogP) is 4.25. The Kier molecular flexibility index (Phi) is 3.94. The Morgan fingerprint density at radius 1 is 1.23 bits per heavy atom. The zero-order chi connectivity index (χ0) is 18.1. The van der Waals surface area contributed by atoms with Crippen LogP contribution in [0.5, 0.6) is 0 Å². The normalized spacial score (nSPS) is 15.3. The van der Waals surface area contributed by atoms with Crippen LogP contribution in [0.2, 0.25) is 0 Å². The van der Waals surface area contributed by atoms with Crippen molar-refractivity contribution >= 4 is 17.1 Å². The fourth-order valence-corrected chi connectivity index (χ4v) is 3.46. The second-order valence-corrected chi connectivity index (χ2v) is 6.45. The van der Waals surface area contributed by atoms with Gasteiger partial charge in [0.15, 0.2) is 0 Å². The lowest BCUT2D eigenvalue weighted by Crippen LogP contribution is -2.10. The Morgan fingerprint density at radius 2 is 2.12 bits per heavy atom. The topological polar surface area (TPSA) is 98.8 Å². The molecule has 5 nitrogen and oxygen atoms in total. The number of nitriles is 1. The summed E-state index contributed by atoms with van der Waals surface area (Å²) in [5, 5.41) is 21.0. The number of furan rings is 1. The van der Waals surface area contributed by atoms with Gasteiger partial charge in [-0.1, -0.05) is 6.07 Å². The van der Waals surface area contributed by atoms with Crippen LogP contribution < -0.4 is 11.1 Å². The Balaban J connectivity index is 1.60. The zero-order valence-electron chi connectivity index (χ0n) is 14.1. The lowest BCUT2D eigenvalue weighted by molar-refractivity contribution is 0.567. The maximum Gasteiger partial charge on any atom is 0.0996 e. The number of hydrogen-bond donors (Lipinski definition) is 3. The van der Waals surface area contributed by atoms with E-state index in [0.717, 1.165) is 18.5 Å². The number of rotatable bonds is 4. The van der Waals surface area contributed by atoms with E-state index >= 15 is 0 Å². The van der Waals surface area contributed by atoms with Crippen molar-refractivity contribution in [1.82, 2.24) is 0 Å². The fraction of sp³-hybridized carbons (Fsp3) is 0.143. The summed E-state index contributed by atoms with van der Waals surface area (Å²) in [6.45, 7) is 0. The second kappa shape index (κ2) is 6.41. The summed E-state index contributed by atoms with van der Waals surface area (Å²) in [6, 6.07) is 15.7. The van der Waals surface area contributed by atoms with Crippen LogP contribution in [0.3, 0.4) is 0 Å². The maximum absolute atomic E-state index is 9.05.